The van der Waals surface area contributed by atoms with Crippen molar-refractivity contribution in [1.29, 1.82) is 0 Å². The Morgan fingerprint density at radius 3 is 2.33 bits per heavy atom. The molecule has 0 amide bonds. The van der Waals surface area contributed by atoms with Crippen LogP contribution < -0.4 is 9.50 Å². The molecule has 0 aliphatic rings. The molecule has 106 valence electrons. The van der Waals surface area contributed by atoms with Crippen molar-refractivity contribution in [2.24, 2.45) is 0 Å². The molecule has 3 aromatic carbocycles. The first-order chi connectivity index (χ1) is 10.2. The van der Waals surface area contributed by atoms with E-state index in [1.807, 2.05) is 48.5 Å². The molecule has 0 aliphatic heterocycles. The number of hydrogen-bond acceptors (Lipinski definition) is 4. The highest BCUT2D eigenvalue weighted by atomic mass is 32.2. The summed E-state index contributed by atoms with van der Waals surface area (Å²) in [6.45, 7) is 0. The summed E-state index contributed by atoms with van der Waals surface area (Å²) in [6, 6.07) is 20.9. The molecule has 0 spiro atoms. The normalized spacial score (nSPS) is 10.7. The average molecular weight is 299 g/mol. The summed E-state index contributed by atoms with van der Waals surface area (Å²) in [7, 11) is -2.94. The lowest BCUT2D eigenvalue weighted by atomic mass is 10.1. The van der Waals surface area contributed by atoms with Gasteiger partial charge in [-0.2, -0.15) is 8.42 Å². The molecule has 0 saturated heterocycles. The Bertz CT molecular complexity index is 851. The molecule has 0 atom stereocenters. The second kappa shape index (κ2) is 5.85. The quantitative estimate of drug-likeness (QED) is 0.724. The minimum absolute atomic E-state index is 0.279. The number of rotatable bonds is 4. The molecule has 0 saturated carbocycles. The molecule has 0 radical (unpaired) electrons. The summed E-state index contributed by atoms with van der Waals surface area (Å²) < 4.78 is 26.3. The Labute approximate surface area is 124 Å². The molecule has 3 rings (SSSR count). The number of thiol groups is 1. The van der Waals surface area contributed by atoms with Crippen LogP contribution in [0.3, 0.4) is 0 Å². The van der Waals surface area contributed by atoms with Crippen LogP contribution >= 0.6 is 0 Å². The van der Waals surface area contributed by atoms with E-state index in [1.54, 1.807) is 18.2 Å². The molecule has 0 aromatic heterocycles. The van der Waals surface area contributed by atoms with Gasteiger partial charge in [-0.25, -0.2) is 0 Å². The van der Waals surface area contributed by atoms with E-state index in [4.69, 9.17) is 4.18 Å². The second-order valence-corrected chi connectivity index (χ2v) is 5.13. The Morgan fingerprint density at radius 2 is 1.52 bits per heavy atom. The van der Waals surface area contributed by atoms with Crippen LogP contribution in [0.4, 0.5) is 11.4 Å². The summed E-state index contributed by atoms with van der Waals surface area (Å²) in [6.07, 6.45) is 0. The van der Waals surface area contributed by atoms with Gasteiger partial charge >= 0.3 is 0 Å². The van der Waals surface area contributed by atoms with Gasteiger partial charge in [-0.1, -0.05) is 42.5 Å². The van der Waals surface area contributed by atoms with Crippen LogP contribution in [0.5, 0.6) is 5.75 Å². The Kier molecular flexibility index (Phi) is 3.75. The van der Waals surface area contributed by atoms with Crippen molar-refractivity contribution < 1.29 is 12.6 Å². The first-order valence-electron chi connectivity index (χ1n) is 6.39. The topological polar surface area (TPSA) is 55.4 Å². The van der Waals surface area contributed by atoms with Gasteiger partial charge < -0.3 is 9.50 Å². The lowest BCUT2D eigenvalue weighted by Crippen LogP contribution is -1.96. The molecule has 0 fully saturated rings. The minimum atomic E-state index is -2.94. The van der Waals surface area contributed by atoms with Gasteiger partial charge in [0.05, 0.1) is 5.69 Å². The van der Waals surface area contributed by atoms with Crippen molar-refractivity contribution in [2.45, 2.75) is 0 Å². The summed E-state index contributed by atoms with van der Waals surface area (Å²) in [4.78, 5) is 0. The average Bonchev–Trinajstić information content (AvgIpc) is 2.49. The zero-order valence-electron chi connectivity index (χ0n) is 11.0. The monoisotopic (exact) mass is 299 g/mol. The second-order valence-electron chi connectivity index (χ2n) is 4.50. The van der Waals surface area contributed by atoms with Crippen molar-refractivity contribution in [1.82, 2.24) is 0 Å². The van der Waals surface area contributed by atoms with Crippen LogP contribution in [0.25, 0.3) is 10.8 Å². The van der Waals surface area contributed by atoms with Crippen molar-refractivity contribution in [3.63, 3.8) is 0 Å². The highest BCUT2D eigenvalue weighted by molar-refractivity contribution is 7.67. The van der Waals surface area contributed by atoms with Gasteiger partial charge in [0, 0.05) is 5.69 Å². The third-order valence-electron chi connectivity index (χ3n) is 3.09. The molecule has 5 heteroatoms. The highest BCUT2D eigenvalue weighted by Crippen LogP contribution is 2.29. The number of benzene rings is 3. The van der Waals surface area contributed by atoms with E-state index in [-0.39, 0.29) is 5.75 Å². The largest absolute Gasteiger partial charge is 0.382 e. The Hall–Kier alpha value is -2.53. The first kappa shape index (κ1) is 13.5. The predicted molar refractivity (Wildman–Crippen MR) is 84.6 cm³/mol. The maximum absolute atomic E-state index is 10.7. The van der Waals surface area contributed by atoms with E-state index in [0.29, 0.717) is 5.69 Å². The lowest BCUT2D eigenvalue weighted by molar-refractivity contribution is 0.512. The van der Waals surface area contributed by atoms with E-state index < -0.39 is 11.0 Å². The van der Waals surface area contributed by atoms with Gasteiger partial charge in [0.1, 0.15) is 0 Å². The molecule has 0 bridgehead atoms. The van der Waals surface area contributed by atoms with E-state index in [9.17, 15) is 8.42 Å². The number of hydrogen-bond donors (Lipinski definition) is 2. The van der Waals surface area contributed by atoms with Crippen LogP contribution in [0.1, 0.15) is 0 Å². The third-order valence-corrected chi connectivity index (χ3v) is 3.43. The van der Waals surface area contributed by atoms with E-state index in [1.165, 1.54) is 0 Å². The van der Waals surface area contributed by atoms with Crippen LogP contribution in [0, 0.1) is 0 Å². The first-order valence-corrected chi connectivity index (χ1v) is 7.49. The third kappa shape index (κ3) is 3.14. The van der Waals surface area contributed by atoms with Gasteiger partial charge in [0.15, 0.2) is 5.75 Å². The molecular weight excluding hydrogens is 286 g/mol. The van der Waals surface area contributed by atoms with Crippen molar-refractivity contribution in [2.75, 3.05) is 5.32 Å². The van der Waals surface area contributed by atoms with Gasteiger partial charge in [-0.05, 0) is 35.0 Å². The van der Waals surface area contributed by atoms with Crippen molar-refractivity contribution >= 4 is 33.1 Å². The molecule has 0 aliphatic carbocycles. The van der Waals surface area contributed by atoms with E-state index >= 15 is 0 Å². The van der Waals surface area contributed by atoms with Crippen molar-refractivity contribution in [3.8, 4) is 5.75 Å². The highest BCUT2D eigenvalue weighted by Gasteiger charge is 2.04. The zero-order valence-corrected chi connectivity index (χ0v) is 11.9. The summed E-state index contributed by atoms with van der Waals surface area (Å²) in [5.41, 5.74) is 1.47. The molecule has 4 nitrogen and oxygen atoms in total. The molecule has 3 aromatic rings. The number of para-hydroxylation sites is 2. The van der Waals surface area contributed by atoms with Gasteiger partial charge in [0.2, 0.25) is 0 Å². The maximum Gasteiger partial charge on any atom is 0.299 e. The SMILES string of the molecule is O=[SH](=O)Oc1ccccc1Nc1ccc2ccccc2c1. The minimum Gasteiger partial charge on any atom is -0.382 e. The Balaban J connectivity index is 1.94. The van der Waals surface area contributed by atoms with E-state index in [2.05, 4.69) is 5.32 Å². The summed E-state index contributed by atoms with van der Waals surface area (Å²) in [5, 5.41) is 5.43. The summed E-state index contributed by atoms with van der Waals surface area (Å²) in [5.74, 6) is 0.279. The van der Waals surface area contributed by atoms with Crippen LogP contribution in [0.15, 0.2) is 66.7 Å². The maximum atomic E-state index is 10.7. The van der Waals surface area contributed by atoms with Crippen molar-refractivity contribution in [3.05, 3.63) is 66.7 Å². The molecule has 0 unspecified atom stereocenters. The smallest absolute Gasteiger partial charge is 0.299 e. The number of anilines is 2. The molecular formula is C16H13NO3S. The van der Waals surface area contributed by atoms with Crippen LogP contribution in [-0.2, 0) is 11.0 Å². The fourth-order valence-corrected chi connectivity index (χ4v) is 2.47. The molecule has 21 heavy (non-hydrogen) atoms. The van der Waals surface area contributed by atoms with E-state index in [0.717, 1.165) is 16.5 Å². The number of fused-ring (bicyclic) bond motifs is 1. The standard InChI is InChI=1S/C16H13NO3S/c18-21(19)20-16-8-4-3-7-15(16)17-14-10-9-12-5-1-2-6-13(12)11-14/h1-11,17,21H. The summed E-state index contributed by atoms with van der Waals surface area (Å²) >= 11 is 0. The fraction of sp³-hybridized carbons (Fsp3) is 0. The predicted octanol–water partition coefficient (Wildman–Crippen LogP) is 3.49. The Morgan fingerprint density at radius 1 is 0.810 bits per heavy atom. The molecule has 0 heterocycles. The molecule has 1 N–H and O–H groups in total. The number of nitrogens with one attached hydrogen (secondary N) is 1. The van der Waals surface area contributed by atoms with Crippen LogP contribution in [0.2, 0.25) is 0 Å². The van der Waals surface area contributed by atoms with Gasteiger partial charge in [-0.3, -0.25) is 0 Å². The van der Waals surface area contributed by atoms with Crippen LogP contribution in [-0.4, -0.2) is 8.42 Å². The van der Waals surface area contributed by atoms with Gasteiger partial charge in [-0.15, -0.1) is 0 Å². The lowest BCUT2D eigenvalue weighted by Gasteiger charge is -2.10. The van der Waals surface area contributed by atoms with Gasteiger partial charge in [0.25, 0.3) is 11.0 Å². The fourth-order valence-electron chi connectivity index (χ4n) is 2.15. The zero-order chi connectivity index (χ0) is 14.7.